The largest absolute Gasteiger partial charge is 0.379 e. The van der Waals surface area contributed by atoms with Crippen molar-refractivity contribution in [3.05, 3.63) is 47.3 Å². The predicted molar refractivity (Wildman–Crippen MR) is 107 cm³/mol. The first kappa shape index (κ1) is 20.0. The van der Waals surface area contributed by atoms with E-state index in [0.717, 1.165) is 10.4 Å². The van der Waals surface area contributed by atoms with Crippen LogP contribution >= 0.6 is 11.3 Å². The first-order valence-corrected chi connectivity index (χ1v) is 9.88. The summed E-state index contributed by atoms with van der Waals surface area (Å²) in [6, 6.07) is 11.5. The van der Waals surface area contributed by atoms with E-state index in [-0.39, 0.29) is 31.5 Å². The number of carbonyl (C=O) groups is 3. The molecule has 1 aliphatic heterocycles. The quantitative estimate of drug-likeness (QED) is 0.821. The molecule has 1 aromatic heterocycles. The molecule has 28 heavy (non-hydrogen) atoms. The molecule has 7 nitrogen and oxygen atoms in total. The van der Waals surface area contributed by atoms with Gasteiger partial charge in [0.1, 0.15) is 0 Å². The summed E-state index contributed by atoms with van der Waals surface area (Å²) in [6.07, 6.45) is 0. The Morgan fingerprint density at radius 1 is 1.25 bits per heavy atom. The SMILES string of the molecule is CN(CC(N)=O)C(=O)C1COCCN(C(=O)c2ccc(-c3cccs3)cc2)C1. The number of primary amides is 1. The van der Waals surface area contributed by atoms with E-state index in [0.29, 0.717) is 18.7 Å². The molecule has 3 rings (SSSR count). The maximum atomic E-state index is 12.9. The lowest BCUT2D eigenvalue weighted by molar-refractivity contribution is -0.138. The van der Waals surface area contributed by atoms with E-state index in [1.54, 1.807) is 28.4 Å². The van der Waals surface area contributed by atoms with Crippen molar-refractivity contribution in [2.75, 3.05) is 39.9 Å². The molecule has 2 aromatic rings. The molecular weight excluding hydrogens is 378 g/mol. The summed E-state index contributed by atoms with van der Waals surface area (Å²) in [5.41, 5.74) is 6.79. The number of amides is 3. The van der Waals surface area contributed by atoms with Gasteiger partial charge in [0.05, 0.1) is 25.7 Å². The minimum absolute atomic E-state index is 0.140. The van der Waals surface area contributed by atoms with Crippen LogP contribution in [0.5, 0.6) is 0 Å². The van der Waals surface area contributed by atoms with Gasteiger partial charge in [-0.25, -0.2) is 0 Å². The molecule has 0 bridgehead atoms. The van der Waals surface area contributed by atoms with Gasteiger partial charge in [-0.3, -0.25) is 14.4 Å². The number of rotatable bonds is 5. The van der Waals surface area contributed by atoms with Crippen molar-refractivity contribution in [3.8, 4) is 10.4 Å². The highest BCUT2D eigenvalue weighted by molar-refractivity contribution is 7.13. The molecule has 0 aliphatic carbocycles. The van der Waals surface area contributed by atoms with E-state index in [4.69, 9.17) is 10.5 Å². The first-order valence-electron chi connectivity index (χ1n) is 9.00. The smallest absolute Gasteiger partial charge is 0.253 e. The molecule has 1 unspecified atom stereocenters. The van der Waals surface area contributed by atoms with Crippen LogP contribution in [0.2, 0.25) is 0 Å². The van der Waals surface area contributed by atoms with Crippen LogP contribution in [-0.4, -0.2) is 67.4 Å². The predicted octanol–water partition coefficient (Wildman–Crippen LogP) is 1.45. The van der Waals surface area contributed by atoms with Crippen LogP contribution in [0, 0.1) is 5.92 Å². The Kier molecular flexibility index (Phi) is 6.43. The van der Waals surface area contributed by atoms with Gasteiger partial charge < -0.3 is 20.3 Å². The molecular formula is C20H23N3O4S. The second-order valence-corrected chi connectivity index (χ2v) is 7.69. The zero-order chi connectivity index (χ0) is 20.1. The Morgan fingerprint density at radius 2 is 2.00 bits per heavy atom. The van der Waals surface area contributed by atoms with Crippen LogP contribution in [0.4, 0.5) is 0 Å². The fourth-order valence-electron chi connectivity index (χ4n) is 3.17. The summed E-state index contributed by atoms with van der Waals surface area (Å²) in [7, 11) is 1.52. The van der Waals surface area contributed by atoms with Crippen LogP contribution in [0.3, 0.4) is 0 Å². The number of carbonyl (C=O) groups excluding carboxylic acids is 3. The van der Waals surface area contributed by atoms with Crippen molar-refractivity contribution in [1.29, 1.82) is 0 Å². The molecule has 2 heterocycles. The lowest BCUT2D eigenvalue weighted by atomic mass is 10.1. The molecule has 0 saturated carbocycles. The number of likely N-dealkylation sites (N-methyl/N-ethyl adjacent to an activating group) is 1. The average molecular weight is 401 g/mol. The van der Waals surface area contributed by atoms with E-state index in [1.807, 2.05) is 29.6 Å². The minimum atomic E-state index is -0.579. The molecule has 1 aromatic carbocycles. The second kappa shape index (κ2) is 8.99. The first-order chi connectivity index (χ1) is 13.5. The maximum absolute atomic E-state index is 12.9. The lowest BCUT2D eigenvalue weighted by Gasteiger charge is -2.26. The fraction of sp³-hybridized carbons (Fsp3) is 0.350. The summed E-state index contributed by atoms with van der Waals surface area (Å²) < 4.78 is 5.51. The Morgan fingerprint density at radius 3 is 2.64 bits per heavy atom. The third-order valence-electron chi connectivity index (χ3n) is 4.61. The highest BCUT2D eigenvalue weighted by Gasteiger charge is 2.30. The zero-order valence-electron chi connectivity index (χ0n) is 15.7. The normalized spacial score (nSPS) is 17.0. The molecule has 0 spiro atoms. The van der Waals surface area contributed by atoms with E-state index in [9.17, 15) is 14.4 Å². The molecule has 1 atom stereocenters. The third kappa shape index (κ3) is 4.76. The molecule has 1 saturated heterocycles. The summed E-state index contributed by atoms with van der Waals surface area (Å²) in [6.45, 7) is 1.07. The number of thiophene rings is 1. The molecule has 1 aliphatic rings. The van der Waals surface area contributed by atoms with Crippen molar-refractivity contribution in [2.24, 2.45) is 11.7 Å². The molecule has 3 amide bonds. The monoisotopic (exact) mass is 401 g/mol. The van der Waals surface area contributed by atoms with Gasteiger partial charge in [-0.15, -0.1) is 11.3 Å². The highest BCUT2D eigenvalue weighted by atomic mass is 32.1. The number of benzene rings is 1. The Bertz CT molecular complexity index is 836. The van der Waals surface area contributed by atoms with Crippen LogP contribution in [-0.2, 0) is 14.3 Å². The van der Waals surface area contributed by atoms with Crippen molar-refractivity contribution in [1.82, 2.24) is 9.80 Å². The van der Waals surface area contributed by atoms with E-state index in [2.05, 4.69) is 0 Å². The van der Waals surface area contributed by atoms with Gasteiger partial charge in [0.25, 0.3) is 5.91 Å². The van der Waals surface area contributed by atoms with Gasteiger partial charge in [-0.1, -0.05) is 18.2 Å². The van der Waals surface area contributed by atoms with Crippen LogP contribution < -0.4 is 5.73 Å². The third-order valence-corrected chi connectivity index (χ3v) is 5.53. The topological polar surface area (TPSA) is 92.9 Å². The van der Waals surface area contributed by atoms with Crippen molar-refractivity contribution >= 4 is 29.1 Å². The van der Waals surface area contributed by atoms with Gasteiger partial charge >= 0.3 is 0 Å². The fourth-order valence-corrected chi connectivity index (χ4v) is 3.90. The van der Waals surface area contributed by atoms with E-state index >= 15 is 0 Å². The number of ether oxygens (including phenoxy) is 1. The van der Waals surface area contributed by atoms with E-state index in [1.165, 1.54) is 11.9 Å². The minimum Gasteiger partial charge on any atom is -0.379 e. The van der Waals surface area contributed by atoms with Crippen molar-refractivity contribution in [3.63, 3.8) is 0 Å². The molecule has 0 radical (unpaired) electrons. The molecule has 2 N–H and O–H groups in total. The Balaban J connectivity index is 1.70. The average Bonchev–Trinajstić information content (AvgIpc) is 3.11. The standard InChI is InChI=1S/C20H23N3O4S/c1-22(12-18(21)24)19(25)16-11-23(8-9-27-13-16)20(26)15-6-4-14(5-7-15)17-3-2-10-28-17/h2-7,10,16H,8-9,11-13H2,1H3,(H2,21,24). The summed E-state index contributed by atoms with van der Waals surface area (Å²) in [4.78, 5) is 40.6. The van der Waals surface area contributed by atoms with Crippen molar-refractivity contribution < 1.29 is 19.1 Å². The number of hydrogen-bond acceptors (Lipinski definition) is 5. The van der Waals surface area contributed by atoms with Gasteiger partial charge in [0, 0.05) is 30.6 Å². The molecule has 1 fully saturated rings. The van der Waals surface area contributed by atoms with Gasteiger partial charge in [-0.2, -0.15) is 0 Å². The van der Waals surface area contributed by atoms with Gasteiger partial charge in [-0.05, 0) is 29.1 Å². The number of nitrogens with zero attached hydrogens (tertiary/aromatic N) is 2. The summed E-state index contributed by atoms with van der Waals surface area (Å²) >= 11 is 1.64. The number of nitrogens with two attached hydrogens (primary N) is 1. The van der Waals surface area contributed by atoms with Crippen LogP contribution in [0.15, 0.2) is 41.8 Å². The molecule has 148 valence electrons. The number of hydrogen-bond donors (Lipinski definition) is 1. The van der Waals surface area contributed by atoms with Gasteiger partial charge in [0.15, 0.2) is 0 Å². The summed E-state index contributed by atoms with van der Waals surface area (Å²) in [5.74, 6) is -1.50. The van der Waals surface area contributed by atoms with Gasteiger partial charge in [0.2, 0.25) is 11.8 Å². The summed E-state index contributed by atoms with van der Waals surface area (Å²) in [5, 5.41) is 2.01. The zero-order valence-corrected chi connectivity index (χ0v) is 16.5. The Hall–Kier alpha value is -2.71. The van der Waals surface area contributed by atoms with E-state index < -0.39 is 11.8 Å². The maximum Gasteiger partial charge on any atom is 0.253 e. The van der Waals surface area contributed by atoms with Crippen LogP contribution in [0.1, 0.15) is 10.4 Å². The van der Waals surface area contributed by atoms with Crippen molar-refractivity contribution in [2.45, 2.75) is 0 Å². The highest BCUT2D eigenvalue weighted by Crippen LogP contribution is 2.25. The lowest BCUT2D eigenvalue weighted by Crippen LogP contribution is -2.44. The molecule has 8 heteroatoms. The Labute approximate surface area is 167 Å². The van der Waals surface area contributed by atoms with Crippen LogP contribution in [0.25, 0.3) is 10.4 Å². The second-order valence-electron chi connectivity index (χ2n) is 6.74.